The van der Waals surface area contributed by atoms with E-state index in [9.17, 15) is 10.2 Å². The summed E-state index contributed by atoms with van der Waals surface area (Å²) >= 11 is 0. The van der Waals surface area contributed by atoms with Crippen LogP contribution >= 0.6 is 0 Å². The molecule has 0 aromatic carbocycles. The molecule has 0 aliphatic rings. The first-order chi connectivity index (χ1) is 5.17. The van der Waals surface area contributed by atoms with E-state index in [1.54, 1.807) is 25.1 Å². The minimum absolute atomic E-state index is 0.240. The fourth-order valence-corrected chi connectivity index (χ4v) is 0.781. The molecular weight excluding hydrogens is 142 g/mol. The first-order valence-electron chi connectivity index (χ1n) is 3.53. The third-order valence-electron chi connectivity index (χ3n) is 1.57. The Morgan fingerprint density at radius 3 is 2.64 bits per heavy atom. The van der Waals surface area contributed by atoms with Crippen molar-refractivity contribution >= 4 is 0 Å². The molecule has 60 valence electrons. The molecule has 2 N–H and O–H groups in total. The van der Waals surface area contributed by atoms with Gasteiger partial charge in [-0.2, -0.15) is 0 Å². The zero-order chi connectivity index (χ0) is 8.32. The van der Waals surface area contributed by atoms with E-state index in [-0.39, 0.29) is 6.42 Å². The molecule has 0 aliphatic carbocycles. The third kappa shape index (κ3) is 1.76. The van der Waals surface area contributed by atoms with Gasteiger partial charge in [-0.1, -0.05) is 13.0 Å². The lowest BCUT2D eigenvalue weighted by Gasteiger charge is -2.17. The number of hydrogen-bond donors (Lipinski definition) is 2. The van der Waals surface area contributed by atoms with Crippen molar-refractivity contribution in [3.8, 4) is 0 Å². The molecule has 0 fully saturated rings. The second-order valence-corrected chi connectivity index (χ2v) is 2.39. The highest BCUT2D eigenvalue weighted by Gasteiger charge is 2.23. The van der Waals surface area contributed by atoms with E-state index in [1.165, 1.54) is 6.20 Å². The summed E-state index contributed by atoms with van der Waals surface area (Å²) in [6.07, 6.45) is 1.77. The van der Waals surface area contributed by atoms with Gasteiger partial charge in [-0.05, 0) is 12.1 Å². The van der Waals surface area contributed by atoms with E-state index in [2.05, 4.69) is 4.98 Å². The second kappa shape index (κ2) is 2.98. The van der Waals surface area contributed by atoms with Crippen molar-refractivity contribution in [1.82, 2.24) is 4.98 Å². The molecule has 0 saturated heterocycles. The Balaban J connectivity index is 2.93. The highest BCUT2D eigenvalue weighted by Crippen LogP contribution is 2.17. The fourth-order valence-electron chi connectivity index (χ4n) is 0.781. The minimum Gasteiger partial charge on any atom is -0.361 e. The summed E-state index contributed by atoms with van der Waals surface area (Å²) < 4.78 is 0. The number of aliphatic hydroxyl groups is 2. The lowest BCUT2D eigenvalue weighted by Crippen LogP contribution is -2.24. The number of hydrogen-bond acceptors (Lipinski definition) is 3. The molecule has 1 aromatic rings. The van der Waals surface area contributed by atoms with Crippen molar-refractivity contribution in [1.29, 1.82) is 0 Å². The summed E-state index contributed by atoms with van der Waals surface area (Å²) in [4.78, 5) is 3.82. The molecule has 3 nitrogen and oxygen atoms in total. The lowest BCUT2D eigenvalue weighted by molar-refractivity contribution is -0.174. The first-order valence-corrected chi connectivity index (χ1v) is 3.53. The van der Waals surface area contributed by atoms with Gasteiger partial charge in [0.1, 0.15) is 0 Å². The maximum atomic E-state index is 9.29. The van der Waals surface area contributed by atoms with Gasteiger partial charge in [0.2, 0.25) is 5.79 Å². The molecule has 0 bridgehead atoms. The summed E-state index contributed by atoms with van der Waals surface area (Å²) in [6, 6.07) is 5.04. The molecule has 0 amide bonds. The van der Waals surface area contributed by atoms with Crippen LogP contribution in [-0.4, -0.2) is 15.2 Å². The Morgan fingerprint density at radius 2 is 2.18 bits per heavy atom. The van der Waals surface area contributed by atoms with Gasteiger partial charge in [-0.15, -0.1) is 0 Å². The standard InChI is InChI=1S/C8H11NO2/c1-2-8(10,11)7-5-3-4-6-9-7/h3-6,10-11H,2H2,1H3. The minimum atomic E-state index is -1.78. The summed E-state index contributed by atoms with van der Waals surface area (Å²) in [5.41, 5.74) is 0.294. The smallest absolute Gasteiger partial charge is 0.206 e. The Morgan fingerprint density at radius 1 is 1.45 bits per heavy atom. The first kappa shape index (κ1) is 8.17. The summed E-state index contributed by atoms with van der Waals surface area (Å²) in [7, 11) is 0. The van der Waals surface area contributed by atoms with E-state index in [1.807, 2.05) is 0 Å². The normalized spacial score (nSPS) is 11.5. The SMILES string of the molecule is CCC(O)(O)c1ccccn1. The van der Waals surface area contributed by atoms with Gasteiger partial charge in [0.25, 0.3) is 0 Å². The zero-order valence-corrected chi connectivity index (χ0v) is 6.36. The fraction of sp³-hybridized carbons (Fsp3) is 0.375. The van der Waals surface area contributed by atoms with Crippen LogP contribution in [0.5, 0.6) is 0 Å². The van der Waals surface area contributed by atoms with Crippen molar-refractivity contribution in [2.75, 3.05) is 0 Å². The molecule has 0 saturated carbocycles. The molecule has 0 unspecified atom stereocenters. The molecule has 1 heterocycles. The topological polar surface area (TPSA) is 53.4 Å². The molecule has 0 atom stereocenters. The molecule has 0 radical (unpaired) electrons. The van der Waals surface area contributed by atoms with Crippen LogP contribution in [0, 0.1) is 0 Å². The van der Waals surface area contributed by atoms with Crippen LogP contribution in [0.25, 0.3) is 0 Å². The Bertz CT molecular complexity index is 221. The zero-order valence-electron chi connectivity index (χ0n) is 6.36. The van der Waals surface area contributed by atoms with Gasteiger partial charge >= 0.3 is 0 Å². The third-order valence-corrected chi connectivity index (χ3v) is 1.57. The summed E-state index contributed by atoms with van der Waals surface area (Å²) in [5.74, 6) is -1.78. The van der Waals surface area contributed by atoms with Crippen molar-refractivity contribution in [2.24, 2.45) is 0 Å². The largest absolute Gasteiger partial charge is 0.361 e. The number of pyridine rings is 1. The average molecular weight is 153 g/mol. The van der Waals surface area contributed by atoms with E-state index in [4.69, 9.17) is 0 Å². The Labute approximate surface area is 65.3 Å². The van der Waals surface area contributed by atoms with Crippen molar-refractivity contribution in [3.63, 3.8) is 0 Å². The molecule has 1 rings (SSSR count). The van der Waals surface area contributed by atoms with Crippen molar-refractivity contribution < 1.29 is 10.2 Å². The number of nitrogens with zero attached hydrogens (tertiary/aromatic N) is 1. The van der Waals surface area contributed by atoms with Crippen molar-refractivity contribution in [2.45, 2.75) is 19.1 Å². The van der Waals surface area contributed by atoms with Crippen LogP contribution < -0.4 is 0 Å². The highest BCUT2D eigenvalue weighted by molar-refractivity contribution is 5.08. The molecular formula is C8H11NO2. The van der Waals surface area contributed by atoms with Gasteiger partial charge in [-0.3, -0.25) is 4.98 Å². The van der Waals surface area contributed by atoms with Gasteiger partial charge in [0.05, 0.1) is 5.69 Å². The quantitative estimate of drug-likeness (QED) is 0.613. The summed E-state index contributed by atoms with van der Waals surface area (Å²) in [5, 5.41) is 18.6. The van der Waals surface area contributed by atoms with Crippen molar-refractivity contribution in [3.05, 3.63) is 30.1 Å². The molecule has 0 aliphatic heterocycles. The van der Waals surface area contributed by atoms with Crippen LogP contribution in [-0.2, 0) is 5.79 Å². The maximum Gasteiger partial charge on any atom is 0.206 e. The van der Waals surface area contributed by atoms with E-state index >= 15 is 0 Å². The van der Waals surface area contributed by atoms with E-state index in [0.29, 0.717) is 5.69 Å². The Hall–Kier alpha value is -0.930. The highest BCUT2D eigenvalue weighted by atomic mass is 16.5. The predicted molar refractivity (Wildman–Crippen MR) is 40.6 cm³/mol. The molecule has 1 aromatic heterocycles. The lowest BCUT2D eigenvalue weighted by atomic mass is 10.1. The second-order valence-electron chi connectivity index (χ2n) is 2.39. The van der Waals surface area contributed by atoms with Crippen LogP contribution in [0.4, 0.5) is 0 Å². The van der Waals surface area contributed by atoms with Gasteiger partial charge in [0.15, 0.2) is 0 Å². The van der Waals surface area contributed by atoms with E-state index in [0.717, 1.165) is 0 Å². The Kier molecular flexibility index (Phi) is 2.22. The van der Waals surface area contributed by atoms with Crippen LogP contribution in [0.2, 0.25) is 0 Å². The molecule has 0 spiro atoms. The molecule has 11 heavy (non-hydrogen) atoms. The van der Waals surface area contributed by atoms with Gasteiger partial charge < -0.3 is 10.2 Å². The van der Waals surface area contributed by atoms with Gasteiger partial charge in [0, 0.05) is 12.6 Å². The monoisotopic (exact) mass is 153 g/mol. The maximum absolute atomic E-state index is 9.29. The van der Waals surface area contributed by atoms with Crippen LogP contribution in [0.3, 0.4) is 0 Å². The number of aromatic nitrogens is 1. The average Bonchev–Trinajstić information content (AvgIpc) is 2.06. The number of rotatable bonds is 2. The van der Waals surface area contributed by atoms with Gasteiger partial charge in [-0.25, -0.2) is 0 Å². The van der Waals surface area contributed by atoms with Crippen LogP contribution in [0.15, 0.2) is 24.4 Å². The molecule has 3 heteroatoms. The van der Waals surface area contributed by atoms with Crippen LogP contribution in [0.1, 0.15) is 19.0 Å². The van der Waals surface area contributed by atoms with E-state index < -0.39 is 5.79 Å². The summed E-state index contributed by atoms with van der Waals surface area (Å²) in [6.45, 7) is 1.69. The predicted octanol–water partition coefficient (Wildman–Crippen LogP) is 0.629.